The van der Waals surface area contributed by atoms with Gasteiger partial charge in [0, 0.05) is 4.47 Å². The van der Waals surface area contributed by atoms with E-state index in [1.807, 2.05) is 12.1 Å². The summed E-state index contributed by atoms with van der Waals surface area (Å²) in [6.45, 7) is 0. The second-order valence-corrected chi connectivity index (χ2v) is 6.25. The van der Waals surface area contributed by atoms with Crippen molar-refractivity contribution >= 4 is 33.4 Å². The minimum absolute atomic E-state index is 0.254. The van der Waals surface area contributed by atoms with Crippen LogP contribution in [-0.4, -0.2) is 25.1 Å². The van der Waals surface area contributed by atoms with Crippen LogP contribution in [0.4, 0.5) is 10.1 Å². The van der Waals surface area contributed by atoms with Crippen molar-refractivity contribution in [2.75, 3.05) is 0 Å². The fourth-order valence-electron chi connectivity index (χ4n) is 1.80. The van der Waals surface area contributed by atoms with Crippen LogP contribution in [0.15, 0.2) is 57.0 Å². The third-order valence-corrected chi connectivity index (χ3v) is 4.36. The lowest BCUT2D eigenvalue weighted by molar-refractivity contribution is -0.387. The van der Waals surface area contributed by atoms with E-state index in [-0.39, 0.29) is 10.6 Å². The van der Waals surface area contributed by atoms with Crippen molar-refractivity contribution in [3.8, 4) is 5.69 Å². The van der Waals surface area contributed by atoms with E-state index in [1.54, 1.807) is 12.1 Å². The Labute approximate surface area is 141 Å². The van der Waals surface area contributed by atoms with Crippen LogP contribution in [0.5, 0.6) is 0 Å². The Morgan fingerprint density at radius 2 is 1.96 bits per heavy atom. The zero-order valence-electron chi connectivity index (χ0n) is 11.3. The van der Waals surface area contributed by atoms with Crippen molar-refractivity contribution in [2.45, 2.75) is 10.1 Å². The first kappa shape index (κ1) is 15.6. The fraction of sp³-hybridized carbons (Fsp3) is 0. The highest BCUT2D eigenvalue weighted by molar-refractivity contribution is 9.10. The van der Waals surface area contributed by atoms with Crippen molar-refractivity contribution in [1.82, 2.24) is 20.2 Å². The van der Waals surface area contributed by atoms with E-state index in [9.17, 15) is 14.5 Å². The van der Waals surface area contributed by atoms with E-state index < -0.39 is 10.7 Å². The van der Waals surface area contributed by atoms with Gasteiger partial charge in [-0.1, -0.05) is 15.9 Å². The van der Waals surface area contributed by atoms with Gasteiger partial charge in [-0.15, -0.1) is 5.10 Å². The summed E-state index contributed by atoms with van der Waals surface area (Å²) >= 11 is 4.33. The topological polar surface area (TPSA) is 86.7 Å². The van der Waals surface area contributed by atoms with E-state index in [1.165, 1.54) is 10.7 Å². The van der Waals surface area contributed by atoms with E-state index in [0.29, 0.717) is 10.8 Å². The van der Waals surface area contributed by atoms with Gasteiger partial charge < -0.3 is 0 Å². The number of rotatable bonds is 4. The van der Waals surface area contributed by atoms with Crippen molar-refractivity contribution < 1.29 is 9.31 Å². The second kappa shape index (κ2) is 6.42. The van der Waals surface area contributed by atoms with Crippen LogP contribution in [0, 0.1) is 15.9 Å². The van der Waals surface area contributed by atoms with Gasteiger partial charge >= 0.3 is 0 Å². The van der Waals surface area contributed by atoms with Crippen molar-refractivity contribution in [1.29, 1.82) is 0 Å². The molecule has 10 heteroatoms. The number of nitro benzene ring substituents is 1. The normalized spacial score (nSPS) is 10.7. The molecule has 116 valence electrons. The summed E-state index contributed by atoms with van der Waals surface area (Å²) in [5, 5.41) is 22.7. The molecule has 3 rings (SSSR count). The van der Waals surface area contributed by atoms with Crippen LogP contribution in [0.2, 0.25) is 0 Å². The zero-order chi connectivity index (χ0) is 16.4. The molecule has 0 N–H and O–H groups in total. The largest absolute Gasteiger partial charge is 0.286 e. The molecule has 0 unspecified atom stereocenters. The molecule has 0 aliphatic carbocycles. The monoisotopic (exact) mass is 395 g/mol. The lowest BCUT2D eigenvalue weighted by Gasteiger charge is -2.05. The van der Waals surface area contributed by atoms with Gasteiger partial charge in [-0.2, -0.15) is 4.68 Å². The van der Waals surface area contributed by atoms with Crippen molar-refractivity contribution in [3.05, 3.63) is 62.9 Å². The Balaban J connectivity index is 1.98. The molecule has 0 saturated heterocycles. The summed E-state index contributed by atoms with van der Waals surface area (Å²) in [7, 11) is 0. The number of halogens is 2. The Bertz CT molecular complexity index is 871. The average molecular weight is 396 g/mol. The molecule has 0 radical (unpaired) electrons. The molecule has 1 heterocycles. The van der Waals surface area contributed by atoms with Crippen LogP contribution in [0.25, 0.3) is 5.69 Å². The van der Waals surface area contributed by atoms with Gasteiger partial charge in [-0.05, 0) is 58.6 Å². The van der Waals surface area contributed by atoms with Crippen LogP contribution < -0.4 is 0 Å². The number of aromatic nitrogens is 4. The first-order valence-corrected chi connectivity index (χ1v) is 7.81. The molecule has 23 heavy (non-hydrogen) atoms. The molecule has 7 nitrogen and oxygen atoms in total. The number of hydrogen-bond donors (Lipinski definition) is 0. The molecule has 0 saturated carbocycles. The summed E-state index contributed by atoms with van der Waals surface area (Å²) < 4.78 is 15.6. The van der Waals surface area contributed by atoms with E-state index >= 15 is 0 Å². The van der Waals surface area contributed by atoms with Crippen LogP contribution >= 0.6 is 27.7 Å². The predicted molar refractivity (Wildman–Crippen MR) is 84.0 cm³/mol. The average Bonchev–Trinajstić information content (AvgIpc) is 2.98. The number of benzene rings is 2. The van der Waals surface area contributed by atoms with Crippen LogP contribution in [0.1, 0.15) is 0 Å². The smallest absolute Gasteiger partial charge is 0.258 e. The number of tetrazole rings is 1. The maximum Gasteiger partial charge on any atom is 0.286 e. The van der Waals surface area contributed by atoms with E-state index in [0.717, 1.165) is 28.4 Å². The highest BCUT2D eigenvalue weighted by Gasteiger charge is 2.19. The number of hydrogen-bond acceptors (Lipinski definition) is 6. The highest BCUT2D eigenvalue weighted by Crippen LogP contribution is 2.34. The van der Waals surface area contributed by atoms with Gasteiger partial charge in [0.15, 0.2) is 0 Å². The maximum absolute atomic E-state index is 13.2. The predicted octanol–water partition coefficient (Wildman–Crippen LogP) is 3.62. The van der Waals surface area contributed by atoms with Crippen LogP contribution in [0.3, 0.4) is 0 Å². The Morgan fingerprint density at radius 1 is 1.22 bits per heavy atom. The quantitative estimate of drug-likeness (QED) is 0.495. The lowest BCUT2D eigenvalue weighted by atomic mass is 10.3. The molecule has 0 atom stereocenters. The molecular weight excluding hydrogens is 389 g/mol. The highest BCUT2D eigenvalue weighted by atomic mass is 79.9. The number of nitro groups is 1. The molecule has 0 aliphatic heterocycles. The molecule has 0 amide bonds. The molecule has 3 aromatic rings. The second-order valence-electron chi connectivity index (χ2n) is 4.32. The molecular formula is C13H7BrFN5O2S. The third-order valence-electron chi connectivity index (χ3n) is 2.83. The number of nitrogens with zero attached hydrogens (tertiary/aromatic N) is 5. The summed E-state index contributed by atoms with van der Waals surface area (Å²) in [5.74, 6) is -0.673. The maximum atomic E-state index is 13.2. The van der Waals surface area contributed by atoms with Gasteiger partial charge in [-0.3, -0.25) is 10.1 Å². The zero-order valence-corrected chi connectivity index (χ0v) is 13.7. The first-order valence-electron chi connectivity index (χ1n) is 6.21. The molecule has 0 aliphatic rings. The summed E-state index contributed by atoms with van der Waals surface area (Å²) in [6.07, 6.45) is 0. The Morgan fingerprint density at radius 3 is 2.65 bits per heavy atom. The molecule has 1 aromatic heterocycles. The standard InChI is InChI=1S/C13H7BrFN5O2S/c14-8-1-4-10(5-2-8)19-13(16-17-18-19)23-12-6-3-9(15)7-11(12)20(21)22/h1-7H. The Kier molecular flexibility index (Phi) is 4.35. The molecule has 2 aromatic carbocycles. The molecule has 0 bridgehead atoms. The Hall–Kier alpha value is -2.33. The van der Waals surface area contributed by atoms with E-state index in [4.69, 9.17) is 0 Å². The lowest BCUT2D eigenvalue weighted by Crippen LogP contribution is -1.99. The summed E-state index contributed by atoms with van der Waals surface area (Å²) in [6, 6.07) is 10.6. The van der Waals surface area contributed by atoms with Crippen molar-refractivity contribution in [2.24, 2.45) is 0 Å². The fourth-order valence-corrected chi connectivity index (χ4v) is 2.95. The summed E-state index contributed by atoms with van der Waals surface area (Å²) in [4.78, 5) is 10.7. The van der Waals surface area contributed by atoms with Gasteiger partial charge in [0.05, 0.1) is 21.6 Å². The summed E-state index contributed by atoms with van der Waals surface area (Å²) in [5.41, 5.74) is 0.367. The van der Waals surface area contributed by atoms with E-state index in [2.05, 4.69) is 31.5 Å². The van der Waals surface area contributed by atoms with Crippen LogP contribution in [-0.2, 0) is 0 Å². The first-order chi connectivity index (χ1) is 11.0. The minimum atomic E-state index is -0.673. The van der Waals surface area contributed by atoms with Gasteiger partial charge in [0.2, 0.25) is 5.16 Å². The SMILES string of the molecule is O=[N+]([O-])c1cc(F)ccc1Sc1nnnn1-c1ccc(Br)cc1. The van der Waals surface area contributed by atoms with Gasteiger partial charge in [-0.25, -0.2) is 4.39 Å². The molecule has 0 fully saturated rings. The van der Waals surface area contributed by atoms with Gasteiger partial charge in [0.1, 0.15) is 5.82 Å². The van der Waals surface area contributed by atoms with Gasteiger partial charge in [0.25, 0.3) is 5.69 Å². The third kappa shape index (κ3) is 3.37. The molecule has 0 spiro atoms. The van der Waals surface area contributed by atoms with Crippen molar-refractivity contribution in [3.63, 3.8) is 0 Å². The minimum Gasteiger partial charge on any atom is -0.258 e.